The SMILES string of the molecule is O=C(NS(=O)(=O)NN1CCC[C@@H]1c1cc(F)ccc1F)c1cnn2ccccc12. The molecule has 0 spiro atoms. The van der Waals surface area contributed by atoms with Crippen molar-refractivity contribution < 1.29 is 22.0 Å². The third kappa shape index (κ3) is 3.97. The van der Waals surface area contributed by atoms with Gasteiger partial charge in [-0.3, -0.25) is 4.79 Å². The molecule has 1 saturated heterocycles. The van der Waals surface area contributed by atoms with Gasteiger partial charge in [0.05, 0.1) is 23.3 Å². The normalized spacial score (nSPS) is 17.7. The van der Waals surface area contributed by atoms with Crippen LogP contribution in [0.3, 0.4) is 0 Å². The van der Waals surface area contributed by atoms with Crippen LogP contribution < -0.4 is 9.55 Å². The summed E-state index contributed by atoms with van der Waals surface area (Å²) in [6.45, 7) is 0.284. The highest BCUT2D eigenvalue weighted by Crippen LogP contribution is 2.32. The van der Waals surface area contributed by atoms with Crippen molar-refractivity contribution in [3.8, 4) is 0 Å². The fraction of sp³-hybridized carbons (Fsp3) is 0.222. The minimum Gasteiger partial charge on any atom is -0.268 e. The molecule has 8 nitrogen and oxygen atoms in total. The number of rotatable bonds is 5. The van der Waals surface area contributed by atoms with E-state index in [-0.39, 0.29) is 17.7 Å². The van der Waals surface area contributed by atoms with Crippen molar-refractivity contribution >= 4 is 21.6 Å². The molecule has 0 saturated carbocycles. The van der Waals surface area contributed by atoms with Crippen molar-refractivity contribution in [2.75, 3.05) is 6.54 Å². The zero-order chi connectivity index (χ0) is 20.6. The minimum absolute atomic E-state index is 0.0548. The van der Waals surface area contributed by atoms with Gasteiger partial charge in [-0.05, 0) is 43.2 Å². The van der Waals surface area contributed by atoms with E-state index in [4.69, 9.17) is 0 Å². The average molecular weight is 421 g/mol. The average Bonchev–Trinajstić information content (AvgIpc) is 3.29. The van der Waals surface area contributed by atoms with E-state index in [9.17, 15) is 22.0 Å². The number of pyridine rings is 1. The van der Waals surface area contributed by atoms with Gasteiger partial charge in [0.25, 0.3) is 5.91 Å². The Balaban J connectivity index is 1.52. The van der Waals surface area contributed by atoms with Gasteiger partial charge in [-0.15, -0.1) is 4.83 Å². The number of fused-ring (bicyclic) bond motifs is 1. The number of aromatic nitrogens is 2. The minimum atomic E-state index is -4.30. The van der Waals surface area contributed by atoms with E-state index < -0.39 is 33.8 Å². The second-order valence-corrected chi connectivity index (χ2v) is 8.03. The molecule has 0 bridgehead atoms. The molecule has 0 radical (unpaired) electrons. The summed E-state index contributed by atoms with van der Waals surface area (Å²) in [6, 6.07) is 7.41. The van der Waals surface area contributed by atoms with Crippen molar-refractivity contribution in [3.05, 3.63) is 71.6 Å². The molecule has 1 fully saturated rings. The molecule has 3 heterocycles. The van der Waals surface area contributed by atoms with Crippen LogP contribution in [0, 0.1) is 11.6 Å². The van der Waals surface area contributed by atoms with Crippen LogP contribution in [-0.4, -0.2) is 35.5 Å². The zero-order valence-corrected chi connectivity index (χ0v) is 15.9. The van der Waals surface area contributed by atoms with Crippen molar-refractivity contribution in [2.45, 2.75) is 18.9 Å². The van der Waals surface area contributed by atoms with Crippen LogP contribution in [0.2, 0.25) is 0 Å². The molecule has 1 aromatic carbocycles. The molecule has 1 aliphatic heterocycles. The molecule has 152 valence electrons. The monoisotopic (exact) mass is 421 g/mol. The van der Waals surface area contributed by atoms with Gasteiger partial charge in [-0.25, -0.2) is 23.0 Å². The van der Waals surface area contributed by atoms with E-state index >= 15 is 0 Å². The van der Waals surface area contributed by atoms with Gasteiger partial charge in [0.2, 0.25) is 0 Å². The van der Waals surface area contributed by atoms with E-state index in [2.05, 4.69) is 9.93 Å². The van der Waals surface area contributed by atoms with E-state index in [1.54, 1.807) is 24.4 Å². The fourth-order valence-electron chi connectivity index (χ4n) is 3.43. The number of hydrogen-bond donors (Lipinski definition) is 2. The maximum absolute atomic E-state index is 14.1. The zero-order valence-electron chi connectivity index (χ0n) is 15.0. The lowest BCUT2D eigenvalue weighted by atomic mass is 10.0. The molecule has 29 heavy (non-hydrogen) atoms. The first-order valence-electron chi connectivity index (χ1n) is 8.82. The van der Waals surface area contributed by atoms with Crippen LogP contribution in [-0.2, 0) is 10.2 Å². The number of nitrogens with one attached hydrogen (secondary N) is 2. The summed E-state index contributed by atoms with van der Waals surface area (Å²) >= 11 is 0. The largest absolute Gasteiger partial charge is 0.314 e. The molecule has 4 rings (SSSR count). The van der Waals surface area contributed by atoms with Gasteiger partial charge in [0.15, 0.2) is 0 Å². The predicted molar refractivity (Wildman–Crippen MR) is 99.8 cm³/mol. The summed E-state index contributed by atoms with van der Waals surface area (Å²) in [6.07, 6.45) is 3.90. The molecular formula is C18H17F2N5O3S. The number of carbonyl (C=O) groups excluding carboxylic acids is 1. The van der Waals surface area contributed by atoms with Crippen molar-refractivity contribution in [1.29, 1.82) is 0 Å². The highest BCUT2D eigenvalue weighted by atomic mass is 32.2. The Morgan fingerprint density at radius 1 is 1.21 bits per heavy atom. The second kappa shape index (κ2) is 7.50. The standard InChI is InChI=1S/C18H17F2N5O3S/c19-12-6-7-15(20)13(10-12)16-5-3-9-25(16)23-29(27,28)22-18(26)14-11-21-24-8-2-1-4-17(14)24/h1-2,4,6-8,10-11,16,23H,3,5,9H2,(H,22,26)/t16-/m1/s1. The van der Waals surface area contributed by atoms with Crippen LogP contribution in [0.25, 0.3) is 5.52 Å². The van der Waals surface area contributed by atoms with E-state index in [1.165, 1.54) is 15.7 Å². The summed E-state index contributed by atoms with van der Waals surface area (Å²) in [5.74, 6) is -2.10. The topological polar surface area (TPSA) is 95.8 Å². The first kappa shape index (κ1) is 19.4. The molecule has 2 aromatic heterocycles. The van der Waals surface area contributed by atoms with Gasteiger partial charge in [-0.2, -0.15) is 13.5 Å². The summed E-state index contributed by atoms with van der Waals surface area (Å²) in [5.41, 5.74) is 0.588. The molecule has 1 amide bonds. The Bertz CT molecular complexity index is 1180. The Kier molecular flexibility index (Phi) is 5.03. The van der Waals surface area contributed by atoms with Crippen molar-refractivity contribution in [3.63, 3.8) is 0 Å². The fourth-order valence-corrected chi connectivity index (χ4v) is 4.36. The third-order valence-electron chi connectivity index (χ3n) is 4.71. The number of carbonyl (C=O) groups is 1. The second-order valence-electron chi connectivity index (χ2n) is 6.63. The van der Waals surface area contributed by atoms with E-state index in [1.807, 2.05) is 4.72 Å². The van der Waals surface area contributed by atoms with Gasteiger partial charge in [-0.1, -0.05) is 6.07 Å². The number of benzene rings is 1. The Morgan fingerprint density at radius 2 is 2.03 bits per heavy atom. The van der Waals surface area contributed by atoms with Crippen molar-refractivity contribution in [2.24, 2.45) is 0 Å². The number of amides is 1. The van der Waals surface area contributed by atoms with Gasteiger partial charge in [0.1, 0.15) is 11.6 Å². The molecule has 3 aromatic rings. The quantitative estimate of drug-likeness (QED) is 0.656. The highest BCUT2D eigenvalue weighted by Gasteiger charge is 2.32. The lowest BCUT2D eigenvalue weighted by molar-refractivity contribution is 0.0980. The lowest BCUT2D eigenvalue weighted by Gasteiger charge is -2.25. The van der Waals surface area contributed by atoms with Crippen LogP contribution in [0.15, 0.2) is 48.8 Å². The van der Waals surface area contributed by atoms with E-state index in [0.717, 1.165) is 18.2 Å². The lowest BCUT2D eigenvalue weighted by Crippen LogP contribution is -2.49. The van der Waals surface area contributed by atoms with Gasteiger partial charge in [0, 0.05) is 18.3 Å². The van der Waals surface area contributed by atoms with Gasteiger partial charge < -0.3 is 0 Å². The van der Waals surface area contributed by atoms with Crippen molar-refractivity contribution in [1.82, 2.24) is 24.2 Å². The maximum Gasteiger partial charge on any atom is 0.314 e. The van der Waals surface area contributed by atoms with Gasteiger partial charge >= 0.3 is 10.2 Å². The first-order valence-corrected chi connectivity index (χ1v) is 10.3. The highest BCUT2D eigenvalue weighted by molar-refractivity contribution is 7.88. The summed E-state index contributed by atoms with van der Waals surface area (Å²) in [4.78, 5) is 14.7. The molecular weight excluding hydrogens is 404 g/mol. The summed E-state index contributed by atoms with van der Waals surface area (Å²) in [7, 11) is -4.30. The number of hydrogen-bond acceptors (Lipinski definition) is 5. The van der Waals surface area contributed by atoms with Crippen LogP contribution in [0.4, 0.5) is 8.78 Å². The smallest absolute Gasteiger partial charge is 0.268 e. The number of halogens is 2. The molecule has 0 unspecified atom stereocenters. The molecule has 0 aliphatic carbocycles. The summed E-state index contributed by atoms with van der Waals surface area (Å²) in [5, 5.41) is 5.28. The first-order chi connectivity index (χ1) is 13.8. The Hall–Kier alpha value is -2.89. The van der Waals surface area contributed by atoms with Crippen LogP contribution >= 0.6 is 0 Å². The number of nitrogens with zero attached hydrogens (tertiary/aromatic N) is 3. The summed E-state index contributed by atoms with van der Waals surface area (Å²) < 4.78 is 56.0. The Morgan fingerprint density at radius 3 is 2.86 bits per heavy atom. The Labute approximate surface area is 165 Å². The predicted octanol–water partition coefficient (Wildman–Crippen LogP) is 1.93. The third-order valence-corrected chi connectivity index (χ3v) is 5.63. The molecule has 1 atom stereocenters. The van der Waals surface area contributed by atoms with Crippen LogP contribution in [0.1, 0.15) is 34.8 Å². The van der Waals surface area contributed by atoms with Crippen LogP contribution in [0.5, 0.6) is 0 Å². The molecule has 2 N–H and O–H groups in total. The number of hydrazine groups is 1. The maximum atomic E-state index is 14.1. The molecule has 1 aliphatic rings. The van der Waals surface area contributed by atoms with E-state index in [0.29, 0.717) is 18.4 Å². The molecule has 11 heteroatoms.